The predicted octanol–water partition coefficient (Wildman–Crippen LogP) is -0.938. The number of amides is 1. The highest BCUT2D eigenvalue weighted by Crippen LogP contribution is 2.19. The van der Waals surface area contributed by atoms with Gasteiger partial charge in [-0.25, -0.2) is 4.79 Å². The van der Waals surface area contributed by atoms with Crippen LogP contribution in [0.1, 0.15) is 13.3 Å². The minimum Gasteiger partial charge on any atom is -0.464 e. The van der Waals surface area contributed by atoms with Gasteiger partial charge in [-0.3, -0.25) is 4.79 Å². The van der Waals surface area contributed by atoms with Crippen LogP contribution in [-0.2, 0) is 19.1 Å². The summed E-state index contributed by atoms with van der Waals surface area (Å²) in [5, 5.41) is 12.2. The Kier molecular flexibility index (Phi) is 5.21. The van der Waals surface area contributed by atoms with E-state index in [9.17, 15) is 14.7 Å². The zero-order valence-corrected chi connectivity index (χ0v) is 9.22. The smallest absolute Gasteiger partial charge is 0.331 e. The van der Waals surface area contributed by atoms with Crippen molar-refractivity contribution in [3.8, 4) is 0 Å². The molecule has 0 radical (unpaired) electrons. The first-order valence-corrected chi connectivity index (χ1v) is 5.32. The van der Waals surface area contributed by atoms with Crippen molar-refractivity contribution in [2.75, 3.05) is 19.8 Å². The monoisotopic (exact) mass is 231 g/mol. The van der Waals surface area contributed by atoms with Gasteiger partial charge in [0.25, 0.3) is 0 Å². The third kappa shape index (κ3) is 3.18. The fraction of sp³-hybridized carbons (Fsp3) is 0.800. The molecule has 0 aromatic carbocycles. The number of esters is 1. The van der Waals surface area contributed by atoms with E-state index in [2.05, 4.69) is 5.32 Å². The standard InChI is InChI=1S/C10H17NO5/c1-2-16-10(14)8(11-6-12)9(13)7-3-4-15-5-7/h6-9,13H,2-5H2,1H3,(H,11,12). The van der Waals surface area contributed by atoms with Gasteiger partial charge in [0.2, 0.25) is 6.41 Å². The van der Waals surface area contributed by atoms with Gasteiger partial charge in [0.15, 0.2) is 6.04 Å². The van der Waals surface area contributed by atoms with Gasteiger partial charge in [-0.1, -0.05) is 0 Å². The zero-order chi connectivity index (χ0) is 12.0. The molecular weight excluding hydrogens is 214 g/mol. The molecule has 6 heteroatoms. The Morgan fingerprint density at radius 2 is 2.50 bits per heavy atom. The Balaban J connectivity index is 2.59. The molecule has 16 heavy (non-hydrogen) atoms. The Hall–Kier alpha value is -1.14. The SMILES string of the molecule is CCOC(=O)C(NC=O)C(O)C1CCOC1. The van der Waals surface area contributed by atoms with Crippen LogP contribution in [0.25, 0.3) is 0 Å². The Morgan fingerprint density at radius 1 is 1.75 bits per heavy atom. The summed E-state index contributed by atoms with van der Waals surface area (Å²) in [6.07, 6.45) is 0.102. The highest BCUT2D eigenvalue weighted by molar-refractivity contribution is 5.79. The van der Waals surface area contributed by atoms with Gasteiger partial charge in [0.1, 0.15) is 0 Å². The number of aliphatic hydroxyl groups excluding tert-OH is 1. The van der Waals surface area contributed by atoms with Crippen LogP contribution in [0.5, 0.6) is 0 Å². The number of carbonyl (C=O) groups excluding carboxylic acids is 2. The molecule has 3 atom stereocenters. The van der Waals surface area contributed by atoms with E-state index in [4.69, 9.17) is 9.47 Å². The molecule has 1 amide bonds. The van der Waals surface area contributed by atoms with Gasteiger partial charge in [0.05, 0.1) is 19.3 Å². The summed E-state index contributed by atoms with van der Waals surface area (Å²) in [4.78, 5) is 21.9. The van der Waals surface area contributed by atoms with E-state index >= 15 is 0 Å². The van der Waals surface area contributed by atoms with E-state index in [-0.39, 0.29) is 12.5 Å². The van der Waals surface area contributed by atoms with Crippen LogP contribution in [0, 0.1) is 5.92 Å². The van der Waals surface area contributed by atoms with E-state index in [0.717, 1.165) is 0 Å². The molecule has 1 fully saturated rings. The lowest BCUT2D eigenvalue weighted by Gasteiger charge is -2.24. The predicted molar refractivity (Wildman–Crippen MR) is 54.6 cm³/mol. The van der Waals surface area contributed by atoms with Crippen molar-refractivity contribution >= 4 is 12.4 Å². The molecule has 1 heterocycles. The minimum absolute atomic E-state index is 0.137. The Morgan fingerprint density at radius 3 is 3.00 bits per heavy atom. The number of aliphatic hydroxyl groups is 1. The van der Waals surface area contributed by atoms with Crippen LogP contribution >= 0.6 is 0 Å². The number of carbonyl (C=O) groups is 2. The summed E-state index contributed by atoms with van der Waals surface area (Å²) in [5.41, 5.74) is 0. The highest BCUT2D eigenvalue weighted by Gasteiger charge is 2.35. The fourth-order valence-electron chi connectivity index (χ4n) is 1.71. The maximum atomic E-state index is 11.5. The largest absolute Gasteiger partial charge is 0.464 e. The number of rotatable bonds is 6. The average Bonchev–Trinajstić information content (AvgIpc) is 2.78. The zero-order valence-electron chi connectivity index (χ0n) is 9.22. The first kappa shape index (κ1) is 12.9. The highest BCUT2D eigenvalue weighted by atomic mass is 16.5. The number of ether oxygens (including phenoxy) is 2. The lowest BCUT2D eigenvalue weighted by Crippen LogP contribution is -2.49. The van der Waals surface area contributed by atoms with Gasteiger partial charge < -0.3 is 19.9 Å². The maximum absolute atomic E-state index is 11.5. The van der Waals surface area contributed by atoms with E-state index in [1.807, 2.05) is 0 Å². The van der Waals surface area contributed by atoms with Crippen molar-refractivity contribution in [2.24, 2.45) is 5.92 Å². The molecule has 0 aromatic heterocycles. The second-order valence-corrected chi connectivity index (χ2v) is 3.63. The van der Waals surface area contributed by atoms with Crippen LogP contribution in [0.3, 0.4) is 0 Å². The van der Waals surface area contributed by atoms with Crippen LogP contribution in [0.4, 0.5) is 0 Å². The summed E-state index contributed by atoms with van der Waals surface area (Å²) in [7, 11) is 0. The number of nitrogens with one attached hydrogen (secondary N) is 1. The van der Waals surface area contributed by atoms with Gasteiger partial charge >= 0.3 is 5.97 Å². The van der Waals surface area contributed by atoms with Gasteiger partial charge in [-0.15, -0.1) is 0 Å². The lowest BCUT2D eigenvalue weighted by molar-refractivity contribution is -0.150. The molecule has 0 aromatic rings. The van der Waals surface area contributed by atoms with Crippen LogP contribution in [-0.4, -0.2) is 49.5 Å². The second kappa shape index (κ2) is 6.44. The first-order valence-electron chi connectivity index (χ1n) is 5.32. The molecule has 92 valence electrons. The molecule has 0 bridgehead atoms. The summed E-state index contributed by atoms with van der Waals surface area (Å²) in [6, 6.07) is -1.01. The molecule has 1 aliphatic heterocycles. The van der Waals surface area contributed by atoms with Gasteiger partial charge in [-0.05, 0) is 13.3 Å². The third-order valence-corrected chi connectivity index (χ3v) is 2.58. The van der Waals surface area contributed by atoms with Crippen LogP contribution < -0.4 is 5.32 Å². The minimum atomic E-state index is -1.01. The van der Waals surface area contributed by atoms with Crippen molar-refractivity contribution in [2.45, 2.75) is 25.5 Å². The quantitative estimate of drug-likeness (QED) is 0.455. The summed E-state index contributed by atoms with van der Waals surface area (Å²) < 4.78 is 9.89. The molecular formula is C10H17NO5. The normalized spacial score (nSPS) is 23.5. The molecule has 0 saturated carbocycles. The molecule has 1 aliphatic rings. The second-order valence-electron chi connectivity index (χ2n) is 3.63. The van der Waals surface area contributed by atoms with Crippen LogP contribution in [0.15, 0.2) is 0 Å². The van der Waals surface area contributed by atoms with E-state index in [0.29, 0.717) is 26.0 Å². The van der Waals surface area contributed by atoms with Gasteiger partial charge in [0, 0.05) is 12.5 Å². The molecule has 1 saturated heterocycles. The Labute approximate surface area is 93.9 Å². The molecule has 6 nitrogen and oxygen atoms in total. The van der Waals surface area contributed by atoms with Gasteiger partial charge in [-0.2, -0.15) is 0 Å². The van der Waals surface area contributed by atoms with E-state index in [1.165, 1.54) is 0 Å². The molecule has 0 spiro atoms. The van der Waals surface area contributed by atoms with Crippen molar-refractivity contribution < 1.29 is 24.2 Å². The fourth-order valence-corrected chi connectivity index (χ4v) is 1.71. The summed E-state index contributed by atoms with van der Waals surface area (Å²) in [5.74, 6) is -0.754. The average molecular weight is 231 g/mol. The summed E-state index contributed by atoms with van der Waals surface area (Å²) in [6.45, 7) is 2.85. The topological polar surface area (TPSA) is 84.9 Å². The van der Waals surface area contributed by atoms with Crippen LogP contribution in [0.2, 0.25) is 0 Å². The van der Waals surface area contributed by atoms with Crippen molar-refractivity contribution in [1.29, 1.82) is 0 Å². The van der Waals surface area contributed by atoms with Crippen molar-refractivity contribution in [3.63, 3.8) is 0 Å². The van der Waals surface area contributed by atoms with Crippen molar-refractivity contribution in [1.82, 2.24) is 5.32 Å². The maximum Gasteiger partial charge on any atom is 0.331 e. The number of hydrogen-bond donors (Lipinski definition) is 2. The molecule has 0 aliphatic carbocycles. The van der Waals surface area contributed by atoms with Crippen molar-refractivity contribution in [3.05, 3.63) is 0 Å². The molecule has 3 unspecified atom stereocenters. The summed E-state index contributed by atoms with van der Waals surface area (Å²) >= 11 is 0. The van der Waals surface area contributed by atoms with E-state index in [1.54, 1.807) is 6.92 Å². The lowest BCUT2D eigenvalue weighted by atomic mass is 9.95. The number of hydrogen-bond acceptors (Lipinski definition) is 5. The molecule has 1 rings (SSSR count). The first-order chi connectivity index (χ1) is 7.70. The Bertz CT molecular complexity index is 239. The van der Waals surface area contributed by atoms with E-state index < -0.39 is 18.1 Å². The molecule has 2 N–H and O–H groups in total. The third-order valence-electron chi connectivity index (χ3n) is 2.58.